The van der Waals surface area contributed by atoms with Crippen LogP contribution in [-0.4, -0.2) is 28.6 Å². The van der Waals surface area contributed by atoms with Gasteiger partial charge in [-0.3, -0.25) is 19.3 Å². The Kier molecular flexibility index (Phi) is 4.90. The molecule has 2 aromatic heterocycles. The Morgan fingerprint density at radius 1 is 1.21 bits per heavy atom. The number of carbonyl (C=O) groups is 2. The van der Waals surface area contributed by atoms with Crippen LogP contribution in [0.3, 0.4) is 0 Å². The molecule has 1 atom stereocenters. The Bertz CT molecular complexity index is 1480. The quantitative estimate of drug-likeness (QED) is 0.479. The number of fused-ring (bicyclic) bond motifs is 2. The number of carbonyl (C=O) groups excluding carboxylic acids is 2. The van der Waals surface area contributed by atoms with Crippen LogP contribution in [0.4, 0.5) is 9.52 Å². The van der Waals surface area contributed by atoms with Gasteiger partial charge in [0.25, 0.3) is 11.8 Å². The average molecular weight is 466 g/mol. The molecule has 0 saturated heterocycles. The van der Waals surface area contributed by atoms with E-state index in [-0.39, 0.29) is 34.0 Å². The summed E-state index contributed by atoms with van der Waals surface area (Å²) in [5.41, 5.74) is 5.34. The lowest BCUT2D eigenvalue weighted by Crippen LogP contribution is -2.29. The van der Waals surface area contributed by atoms with E-state index in [1.165, 1.54) is 22.3 Å². The summed E-state index contributed by atoms with van der Waals surface area (Å²) in [5.74, 6) is -1.52. The summed E-state index contributed by atoms with van der Waals surface area (Å²) in [6.45, 7) is 1.45. The first-order chi connectivity index (χ1) is 15.8. The summed E-state index contributed by atoms with van der Waals surface area (Å²) >= 11 is 1.19. The van der Waals surface area contributed by atoms with Crippen LogP contribution in [-0.2, 0) is 4.79 Å². The van der Waals surface area contributed by atoms with E-state index in [2.05, 4.69) is 10.2 Å². The van der Waals surface area contributed by atoms with Crippen LogP contribution in [0.2, 0.25) is 0 Å². The van der Waals surface area contributed by atoms with Crippen LogP contribution in [0.15, 0.2) is 51.7 Å². The van der Waals surface area contributed by atoms with E-state index >= 15 is 0 Å². The Balaban J connectivity index is 1.69. The van der Waals surface area contributed by atoms with E-state index in [0.717, 1.165) is 12.1 Å². The second kappa shape index (κ2) is 7.78. The van der Waals surface area contributed by atoms with E-state index < -0.39 is 29.1 Å². The van der Waals surface area contributed by atoms with Gasteiger partial charge in [0.2, 0.25) is 10.9 Å². The molecule has 3 heterocycles. The van der Waals surface area contributed by atoms with Gasteiger partial charge < -0.3 is 14.9 Å². The standard InChI is InChI=1S/C22H15FN4O5S/c1-10-25-26-22(33-10)27-18(11-2-5-13(6-3-11)31-9-16(24)28)17-19(29)14-8-12(23)4-7-15(14)32-20(17)21(27)30/h2-8,18H,9H2,1H3,(H2,24,28). The van der Waals surface area contributed by atoms with Crippen LogP contribution in [0.1, 0.15) is 32.7 Å². The highest BCUT2D eigenvalue weighted by atomic mass is 32.1. The zero-order valence-electron chi connectivity index (χ0n) is 17.1. The van der Waals surface area contributed by atoms with Crippen LogP contribution >= 0.6 is 11.3 Å². The SMILES string of the molecule is Cc1nnc(N2C(=O)c3oc4ccc(F)cc4c(=O)c3C2c2ccc(OCC(N)=O)cc2)s1. The number of aromatic nitrogens is 2. The molecule has 2 amide bonds. The smallest absolute Gasteiger partial charge is 0.297 e. The molecular formula is C22H15FN4O5S. The van der Waals surface area contributed by atoms with Crippen molar-refractivity contribution in [3.8, 4) is 5.75 Å². The Labute approximate surface area is 189 Å². The van der Waals surface area contributed by atoms with Gasteiger partial charge in [-0.2, -0.15) is 0 Å². The number of nitrogens with zero attached hydrogens (tertiary/aromatic N) is 3. The number of halogens is 1. The van der Waals surface area contributed by atoms with Crippen molar-refractivity contribution in [3.63, 3.8) is 0 Å². The van der Waals surface area contributed by atoms with Gasteiger partial charge in [0, 0.05) is 0 Å². The van der Waals surface area contributed by atoms with Crippen LogP contribution in [0.25, 0.3) is 11.0 Å². The maximum Gasteiger partial charge on any atom is 0.297 e. The molecule has 0 saturated carbocycles. The van der Waals surface area contributed by atoms with Gasteiger partial charge in [0.05, 0.1) is 17.0 Å². The molecule has 0 aliphatic carbocycles. The number of primary amides is 1. The van der Waals surface area contributed by atoms with Gasteiger partial charge >= 0.3 is 0 Å². The first-order valence-corrected chi connectivity index (χ1v) is 10.6. The van der Waals surface area contributed by atoms with Crippen molar-refractivity contribution in [2.24, 2.45) is 5.73 Å². The number of aryl methyl sites for hydroxylation is 1. The number of rotatable bonds is 5. The summed E-state index contributed by atoms with van der Waals surface area (Å²) in [4.78, 5) is 39.1. The highest BCUT2D eigenvalue weighted by molar-refractivity contribution is 7.15. The second-order valence-corrected chi connectivity index (χ2v) is 8.48. The lowest BCUT2D eigenvalue weighted by atomic mass is 9.98. The molecule has 1 aliphatic heterocycles. The molecule has 2 aromatic carbocycles. The average Bonchev–Trinajstić information content (AvgIpc) is 3.34. The number of benzene rings is 2. The van der Waals surface area contributed by atoms with E-state index in [1.807, 2.05) is 0 Å². The number of hydrogen-bond acceptors (Lipinski definition) is 8. The minimum Gasteiger partial charge on any atom is -0.484 e. The first kappa shape index (κ1) is 20.8. The van der Waals surface area contributed by atoms with Gasteiger partial charge in [-0.05, 0) is 42.8 Å². The van der Waals surface area contributed by atoms with Gasteiger partial charge in [-0.15, -0.1) is 10.2 Å². The maximum absolute atomic E-state index is 13.9. The largest absolute Gasteiger partial charge is 0.484 e. The van der Waals surface area contributed by atoms with Gasteiger partial charge in [-0.25, -0.2) is 4.39 Å². The molecular weight excluding hydrogens is 451 g/mol. The van der Waals surface area contributed by atoms with Crippen LogP contribution in [0.5, 0.6) is 5.75 Å². The fourth-order valence-electron chi connectivity index (χ4n) is 3.74. The first-order valence-electron chi connectivity index (χ1n) is 9.74. The number of anilines is 1. The second-order valence-electron chi connectivity index (χ2n) is 7.32. The van der Waals surface area contributed by atoms with Crippen molar-refractivity contribution < 1.29 is 23.1 Å². The Hall–Kier alpha value is -4.12. The van der Waals surface area contributed by atoms with Gasteiger partial charge in [0.1, 0.15) is 22.2 Å². The summed E-state index contributed by atoms with van der Waals surface area (Å²) < 4.78 is 24.9. The monoisotopic (exact) mass is 466 g/mol. The normalized spacial score (nSPS) is 15.2. The van der Waals surface area contributed by atoms with Crippen molar-refractivity contribution >= 4 is 39.3 Å². The molecule has 0 fully saturated rings. The highest BCUT2D eigenvalue weighted by Crippen LogP contribution is 2.42. The highest BCUT2D eigenvalue weighted by Gasteiger charge is 2.45. The third-order valence-electron chi connectivity index (χ3n) is 5.13. The zero-order chi connectivity index (χ0) is 23.3. The molecule has 11 heteroatoms. The van der Waals surface area contributed by atoms with E-state index in [0.29, 0.717) is 16.3 Å². The molecule has 0 spiro atoms. The van der Waals surface area contributed by atoms with Crippen molar-refractivity contribution in [2.45, 2.75) is 13.0 Å². The minimum atomic E-state index is -0.881. The lowest BCUT2D eigenvalue weighted by molar-refractivity contribution is -0.119. The summed E-state index contributed by atoms with van der Waals surface area (Å²) in [6, 6.07) is 9.16. The predicted octanol–water partition coefficient (Wildman–Crippen LogP) is 2.71. The molecule has 4 aromatic rings. The zero-order valence-corrected chi connectivity index (χ0v) is 17.9. The lowest BCUT2D eigenvalue weighted by Gasteiger charge is -2.22. The molecule has 1 aliphatic rings. The van der Waals surface area contributed by atoms with Crippen LogP contribution < -0.4 is 20.8 Å². The minimum absolute atomic E-state index is 0.0308. The summed E-state index contributed by atoms with van der Waals surface area (Å²) in [6.07, 6.45) is 0. The number of amides is 2. The molecule has 1 unspecified atom stereocenters. The van der Waals surface area contributed by atoms with Crippen molar-refractivity contribution in [1.82, 2.24) is 10.2 Å². The van der Waals surface area contributed by atoms with Crippen molar-refractivity contribution in [3.05, 3.63) is 80.4 Å². The molecule has 2 N–H and O–H groups in total. The summed E-state index contributed by atoms with van der Waals surface area (Å²) in [5, 5.41) is 9.02. The van der Waals surface area contributed by atoms with Gasteiger partial charge in [0.15, 0.2) is 12.0 Å². The van der Waals surface area contributed by atoms with Crippen molar-refractivity contribution in [2.75, 3.05) is 11.5 Å². The number of ether oxygens (including phenoxy) is 1. The fourth-order valence-corrected chi connectivity index (χ4v) is 4.46. The maximum atomic E-state index is 13.9. The topological polar surface area (TPSA) is 129 Å². The van der Waals surface area contributed by atoms with E-state index in [4.69, 9.17) is 14.9 Å². The summed E-state index contributed by atoms with van der Waals surface area (Å²) in [7, 11) is 0. The molecule has 0 bridgehead atoms. The number of hydrogen-bond donors (Lipinski definition) is 1. The molecule has 9 nitrogen and oxygen atoms in total. The third-order valence-corrected chi connectivity index (χ3v) is 5.97. The Morgan fingerprint density at radius 2 is 1.97 bits per heavy atom. The number of nitrogens with two attached hydrogens (primary N) is 1. The molecule has 0 radical (unpaired) electrons. The molecule has 33 heavy (non-hydrogen) atoms. The van der Waals surface area contributed by atoms with Gasteiger partial charge in [-0.1, -0.05) is 23.5 Å². The predicted molar refractivity (Wildman–Crippen MR) is 117 cm³/mol. The fraction of sp³-hybridized carbons (Fsp3) is 0.136. The van der Waals surface area contributed by atoms with E-state index in [1.54, 1.807) is 31.2 Å². The molecule has 5 rings (SSSR count). The van der Waals surface area contributed by atoms with Crippen molar-refractivity contribution in [1.29, 1.82) is 0 Å². The molecule has 166 valence electrons. The Morgan fingerprint density at radius 3 is 2.64 bits per heavy atom. The van der Waals surface area contributed by atoms with E-state index in [9.17, 15) is 18.8 Å². The third kappa shape index (κ3) is 3.52. The van der Waals surface area contributed by atoms with Crippen LogP contribution in [0, 0.1) is 12.7 Å².